The second kappa shape index (κ2) is 10.9. The largest absolute Gasteiger partial charge is 0.418 e. The first kappa shape index (κ1) is 30.1. The molecule has 234 valence electrons. The van der Waals surface area contributed by atoms with E-state index in [0.717, 1.165) is 4.68 Å². The Hall–Kier alpha value is -4.95. The van der Waals surface area contributed by atoms with Gasteiger partial charge in [-0.1, -0.05) is 0 Å². The lowest BCUT2D eigenvalue weighted by Gasteiger charge is -2.43. The first-order chi connectivity index (χ1) is 21.3. The molecule has 15 heteroatoms. The fourth-order valence-electron chi connectivity index (χ4n) is 5.80. The van der Waals surface area contributed by atoms with Gasteiger partial charge in [0.05, 0.1) is 29.2 Å². The van der Waals surface area contributed by atoms with Crippen LogP contribution in [0.4, 0.5) is 36.4 Å². The number of likely N-dealkylation sites (tertiary alicyclic amines) is 1. The molecule has 0 aliphatic carbocycles. The molecule has 2 amide bonds. The van der Waals surface area contributed by atoms with E-state index in [1.807, 2.05) is 4.90 Å². The van der Waals surface area contributed by atoms with Crippen molar-refractivity contribution in [2.75, 3.05) is 24.7 Å². The zero-order chi connectivity index (χ0) is 32.1. The number of benzene rings is 2. The van der Waals surface area contributed by atoms with Gasteiger partial charge < -0.3 is 15.1 Å². The highest BCUT2D eigenvalue weighted by atomic mass is 19.4. The second-order valence-electron chi connectivity index (χ2n) is 10.7. The molecule has 2 aliphatic rings. The minimum absolute atomic E-state index is 0.00263. The summed E-state index contributed by atoms with van der Waals surface area (Å²) in [7, 11) is 0. The number of carbonyl (C=O) groups excluding carboxylic acids is 2. The number of nitrogens with zero attached hydrogens (tertiary/aromatic N) is 5. The smallest absolute Gasteiger partial charge is 0.339 e. The van der Waals surface area contributed by atoms with E-state index in [0.29, 0.717) is 17.8 Å². The zero-order valence-corrected chi connectivity index (χ0v) is 23.2. The number of hydrogen-bond donors (Lipinski definition) is 1. The minimum atomic E-state index is -5.18. The predicted octanol–water partition coefficient (Wildman–Crippen LogP) is 5.68. The molecule has 2 aromatic carbocycles. The summed E-state index contributed by atoms with van der Waals surface area (Å²) in [5.74, 6) is -1.32. The van der Waals surface area contributed by atoms with Crippen LogP contribution in [0.15, 0.2) is 73.1 Å². The molecular formula is C30H23F7N6O2. The quantitative estimate of drug-likeness (QED) is 0.293. The van der Waals surface area contributed by atoms with Crippen molar-refractivity contribution in [2.24, 2.45) is 0 Å². The fraction of sp³-hybridized carbons (Fsp3) is 0.267. The summed E-state index contributed by atoms with van der Waals surface area (Å²) in [5, 5.41) is 6.97. The molecule has 6 rings (SSSR count). The van der Waals surface area contributed by atoms with E-state index in [1.165, 1.54) is 47.6 Å². The summed E-state index contributed by atoms with van der Waals surface area (Å²) in [4.78, 5) is 33.9. The van der Waals surface area contributed by atoms with Crippen LogP contribution in [0.2, 0.25) is 0 Å². The number of carbonyl (C=O) groups is 2. The van der Waals surface area contributed by atoms with Gasteiger partial charge in [-0.25, -0.2) is 9.07 Å². The molecule has 4 aromatic rings. The van der Waals surface area contributed by atoms with Gasteiger partial charge in [-0.15, -0.1) is 0 Å². The highest BCUT2D eigenvalue weighted by molar-refractivity contribution is 5.96. The number of hydrogen-bond acceptors (Lipinski definition) is 5. The lowest BCUT2D eigenvalue weighted by molar-refractivity contribution is -0.143. The average Bonchev–Trinajstić information content (AvgIpc) is 3.59. The van der Waals surface area contributed by atoms with E-state index in [1.54, 1.807) is 12.1 Å². The molecule has 2 fully saturated rings. The number of amides is 2. The van der Waals surface area contributed by atoms with Crippen molar-refractivity contribution in [1.29, 1.82) is 0 Å². The van der Waals surface area contributed by atoms with Crippen molar-refractivity contribution < 1.29 is 40.3 Å². The van der Waals surface area contributed by atoms with Gasteiger partial charge in [0.2, 0.25) is 5.91 Å². The Labute approximate surface area is 251 Å². The topological polar surface area (TPSA) is 83.4 Å². The molecule has 1 N–H and O–H groups in total. The monoisotopic (exact) mass is 632 g/mol. The van der Waals surface area contributed by atoms with E-state index in [9.17, 15) is 40.3 Å². The summed E-state index contributed by atoms with van der Waals surface area (Å²) in [6.45, 7) is 0.367. The van der Waals surface area contributed by atoms with Crippen LogP contribution in [0.3, 0.4) is 0 Å². The van der Waals surface area contributed by atoms with Crippen LogP contribution in [0.1, 0.15) is 34.5 Å². The Morgan fingerprint density at radius 1 is 0.911 bits per heavy atom. The van der Waals surface area contributed by atoms with Gasteiger partial charge in [0.15, 0.2) is 5.69 Å². The lowest BCUT2D eigenvalue weighted by Crippen LogP contribution is -2.57. The van der Waals surface area contributed by atoms with Gasteiger partial charge in [-0.05, 0) is 73.5 Å². The third kappa shape index (κ3) is 5.46. The zero-order valence-electron chi connectivity index (χ0n) is 23.2. The number of aromatic nitrogens is 3. The number of halogens is 7. The molecule has 0 unspecified atom stereocenters. The summed E-state index contributed by atoms with van der Waals surface area (Å²) in [6, 6.07) is 11.1. The Bertz CT molecular complexity index is 1750. The number of pyridine rings is 1. The molecule has 0 saturated carbocycles. The van der Waals surface area contributed by atoms with Gasteiger partial charge in [0.1, 0.15) is 11.4 Å². The highest BCUT2D eigenvalue weighted by Crippen LogP contribution is 2.40. The molecule has 1 spiro atoms. The molecule has 0 bridgehead atoms. The molecule has 45 heavy (non-hydrogen) atoms. The Balaban J connectivity index is 1.34. The Kier molecular flexibility index (Phi) is 7.28. The summed E-state index contributed by atoms with van der Waals surface area (Å²) >= 11 is 0. The van der Waals surface area contributed by atoms with Crippen LogP contribution >= 0.6 is 0 Å². The van der Waals surface area contributed by atoms with Crippen LogP contribution < -0.4 is 10.2 Å². The van der Waals surface area contributed by atoms with Crippen molar-refractivity contribution in [3.63, 3.8) is 0 Å². The van der Waals surface area contributed by atoms with Crippen LogP contribution in [0.25, 0.3) is 16.9 Å². The van der Waals surface area contributed by atoms with Crippen LogP contribution in [0.5, 0.6) is 0 Å². The van der Waals surface area contributed by atoms with Crippen molar-refractivity contribution in [1.82, 2.24) is 25.0 Å². The summed E-state index contributed by atoms with van der Waals surface area (Å²) in [5.41, 5.74) is -4.14. The summed E-state index contributed by atoms with van der Waals surface area (Å²) < 4.78 is 96.6. The van der Waals surface area contributed by atoms with Crippen LogP contribution in [0, 0.1) is 5.82 Å². The van der Waals surface area contributed by atoms with Gasteiger partial charge in [-0.3, -0.25) is 14.6 Å². The minimum Gasteiger partial charge on any atom is -0.339 e. The molecule has 4 heterocycles. The van der Waals surface area contributed by atoms with E-state index in [-0.39, 0.29) is 61.5 Å². The fourth-order valence-corrected chi connectivity index (χ4v) is 5.80. The molecule has 2 aromatic heterocycles. The Morgan fingerprint density at radius 3 is 2.24 bits per heavy atom. The van der Waals surface area contributed by atoms with Gasteiger partial charge in [0, 0.05) is 36.7 Å². The average molecular weight is 633 g/mol. The maximum Gasteiger partial charge on any atom is 0.418 e. The third-order valence-corrected chi connectivity index (χ3v) is 8.10. The number of alkyl halides is 6. The van der Waals surface area contributed by atoms with Gasteiger partial charge in [0.25, 0.3) is 5.91 Å². The van der Waals surface area contributed by atoms with Gasteiger partial charge >= 0.3 is 12.4 Å². The molecule has 2 aliphatic heterocycles. The molecule has 0 radical (unpaired) electrons. The van der Waals surface area contributed by atoms with Crippen LogP contribution in [-0.4, -0.2) is 56.8 Å². The van der Waals surface area contributed by atoms with E-state index < -0.39 is 46.4 Å². The van der Waals surface area contributed by atoms with Crippen molar-refractivity contribution in [3.05, 3.63) is 95.7 Å². The maximum atomic E-state index is 14.1. The lowest BCUT2D eigenvalue weighted by atomic mass is 9.85. The van der Waals surface area contributed by atoms with E-state index in [2.05, 4.69) is 15.4 Å². The van der Waals surface area contributed by atoms with Gasteiger partial charge in [-0.2, -0.15) is 31.4 Å². The normalized spacial score (nSPS) is 16.7. The SMILES string of the molecule is O=C(c1cc(-c2cccnc2)n(-c2ccc(C(F)(F)F)cc2C(F)(F)F)n1)N1CCC2(CC1)C(=O)NCN2c1ccc(F)cc1. The van der Waals surface area contributed by atoms with E-state index >= 15 is 0 Å². The number of rotatable bonds is 4. The molecular weight excluding hydrogens is 609 g/mol. The maximum absolute atomic E-state index is 14.1. The second-order valence-corrected chi connectivity index (χ2v) is 10.7. The van der Waals surface area contributed by atoms with Crippen LogP contribution in [-0.2, 0) is 17.1 Å². The molecule has 2 saturated heterocycles. The Morgan fingerprint density at radius 2 is 1.62 bits per heavy atom. The van der Waals surface area contributed by atoms with Crippen molar-refractivity contribution in [3.8, 4) is 16.9 Å². The van der Waals surface area contributed by atoms with Crippen molar-refractivity contribution in [2.45, 2.75) is 30.7 Å². The number of nitrogens with one attached hydrogen (secondary N) is 1. The first-order valence-electron chi connectivity index (χ1n) is 13.7. The number of piperidine rings is 1. The van der Waals surface area contributed by atoms with Crippen molar-refractivity contribution >= 4 is 17.5 Å². The number of anilines is 1. The third-order valence-electron chi connectivity index (χ3n) is 8.10. The predicted molar refractivity (Wildman–Crippen MR) is 147 cm³/mol. The molecule has 0 atom stereocenters. The highest BCUT2D eigenvalue weighted by Gasteiger charge is 2.51. The summed E-state index contributed by atoms with van der Waals surface area (Å²) in [6.07, 6.45) is -7.05. The van der Waals surface area contributed by atoms with E-state index in [4.69, 9.17) is 0 Å². The standard InChI is InChI=1S/C30H23F7N6O2/c31-20-4-6-21(7-5-20)42-17-39-27(45)28(42)9-12-41(13-10-28)26(44)23-15-25(18-2-1-11-38-16-18)43(40-23)24-8-3-19(29(32,33)34)14-22(24)30(35,36)37/h1-8,11,14-16H,9-10,12-13,17H2,(H,39,45). The first-order valence-corrected chi connectivity index (χ1v) is 13.7. The molecule has 8 nitrogen and oxygen atoms in total.